The number of hydrogen-bond acceptors (Lipinski definition) is 3. The second kappa shape index (κ2) is 4.31. The molecule has 0 aromatic heterocycles. The number of amides is 1. The van der Waals surface area contributed by atoms with Crippen molar-refractivity contribution in [2.75, 3.05) is 13.2 Å². The third-order valence-electron chi connectivity index (χ3n) is 1.86. The largest absolute Gasteiger partial charge is 0.311 e. The van der Waals surface area contributed by atoms with Crippen molar-refractivity contribution in [2.45, 2.75) is 19.4 Å². The average molecular weight is 158 g/mol. The summed E-state index contributed by atoms with van der Waals surface area (Å²) in [5.41, 5.74) is 2.17. The molecular weight excluding hydrogens is 144 g/mol. The quantitative estimate of drug-likeness (QED) is 0.334. The molecule has 0 bridgehead atoms. The molecule has 2 atom stereocenters. The summed E-state index contributed by atoms with van der Waals surface area (Å²) in [5, 5.41) is 3.28. The summed E-state index contributed by atoms with van der Waals surface area (Å²) >= 11 is 0. The van der Waals surface area contributed by atoms with E-state index in [0.717, 1.165) is 18.9 Å². The molecular formula is C7H14N2O2. The van der Waals surface area contributed by atoms with Crippen LogP contribution in [0.1, 0.15) is 13.3 Å². The zero-order valence-corrected chi connectivity index (χ0v) is 6.67. The molecule has 2 N–H and O–H groups in total. The second-order valence-corrected chi connectivity index (χ2v) is 2.99. The van der Waals surface area contributed by atoms with Crippen LogP contribution in [0.25, 0.3) is 0 Å². The van der Waals surface area contributed by atoms with Gasteiger partial charge in [-0.05, 0) is 18.9 Å². The van der Waals surface area contributed by atoms with Crippen LogP contribution in [-0.4, -0.2) is 25.6 Å². The minimum absolute atomic E-state index is 0.400. The molecule has 4 nitrogen and oxygen atoms in total. The van der Waals surface area contributed by atoms with Crippen molar-refractivity contribution in [1.29, 1.82) is 0 Å². The third kappa shape index (κ3) is 2.86. The van der Waals surface area contributed by atoms with Gasteiger partial charge in [0.2, 0.25) is 6.41 Å². The van der Waals surface area contributed by atoms with Gasteiger partial charge in [-0.25, -0.2) is 5.48 Å². The first-order valence-corrected chi connectivity index (χ1v) is 3.87. The van der Waals surface area contributed by atoms with E-state index < -0.39 is 0 Å². The molecule has 1 rings (SSSR count). The highest BCUT2D eigenvalue weighted by atomic mass is 16.6. The third-order valence-corrected chi connectivity index (χ3v) is 1.86. The summed E-state index contributed by atoms with van der Waals surface area (Å²) < 4.78 is 0. The summed E-state index contributed by atoms with van der Waals surface area (Å²) in [6.07, 6.45) is 1.67. The predicted octanol–water partition coefficient (Wildman–Crippen LogP) is -0.338. The Morgan fingerprint density at radius 3 is 3.18 bits per heavy atom. The molecule has 64 valence electrons. The average Bonchev–Trinajstić information content (AvgIpc) is 2.37. The molecule has 11 heavy (non-hydrogen) atoms. The Kier molecular flexibility index (Phi) is 3.32. The van der Waals surface area contributed by atoms with Crippen molar-refractivity contribution in [2.24, 2.45) is 5.92 Å². The van der Waals surface area contributed by atoms with E-state index in [2.05, 4.69) is 17.7 Å². The number of carbonyl (C=O) groups excluding carboxylic acids is 1. The van der Waals surface area contributed by atoms with Gasteiger partial charge >= 0.3 is 0 Å². The molecule has 0 spiro atoms. The summed E-state index contributed by atoms with van der Waals surface area (Å²) in [4.78, 5) is 14.6. The van der Waals surface area contributed by atoms with Gasteiger partial charge in [-0.15, -0.1) is 0 Å². The van der Waals surface area contributed by atoms with Gasteiger partial charge in [-0.3, -0.25) is 9.63 Å². The number of carbonyl (C=O) groups is 1. The van der Waals surface area contributed by atoms with Gasteiger partial charge in [-0.2, -0.15) is 0 Å². The Bertz CT molecular complexity index is 130. The van der Waals surface area contributed by atoms with Gasteiger partial charge in [0.15, 0.2) is 0 Å². The Hall–Kier alpha value is -0.610. The van der Waals surface area contributed by atoms with Crippen LogP contribution < -0.4 is 10.8 Å². The smallest absolute Gasteiger partial charge is 0.230 e. The molecule has 0 saturated carbocycles. The van der Waals surface area contributed by atoms with Crippen LogP contribution >= 0.6 is 0 Å². The normalized spacial score (nSPS) is 30.3. The monoisotopic (exact) mass is 158 g/mol. The predicted molar refractivity (Wildman–Crippen MR) is 40.7 cm³/mol. The first-order chi connectivity index (χ1) is 5.33. The molecule has 0 aromatic rings. The molecule has 1 amide bonds. The van der Waals surface area contributed by atoms with Crippen LogP contribution in [-0.2, 0) is 9.63 Å². The van der Waals surface area contributed by atoms with E-state index >= 15 is 0 Å². The summed E-state index contributed by atoms with van der Waals surface area (Å²) in [6, 6.07) is 0.400. The molecule has 1 aliphatic rings. The Balaban J connectivity index is 2.03. The molecule has 2 unspecified atom stereocenters. The van der Waals surface area contributed by atoms with Crippen LogP contribution in [0.15, 0.2) is 0 Å². The summed E-state index contributed by atoms with van der Waals surface area (Å²) in [6.45, 7) is 3.80. The van der Waals surface area contributed by atoms with Gasteiger partial charge in [-0.1, -0.05) is 6.92 Å². The number of rotatable bonds is 4. The van der Waals surface area contributed by atoms with Gasteiger partial charge in [0.25, 0.3) is 0 Å². The van der Waals surface area contributed by atoms with Crippen molar-refractivity contribution < 1.29 is 9.63 Å². The fourth-order valence-corrected chi connectivity index (χ4v) is 1.33. The van der Waals surface area contributed by atoms with Gasteiger partial charge < -0.3 is 5.32 Å². The fourth-order valence-electron chi connectivity index (χ4n) is 1.33. The van der Waals surface area contributed by atoms with E-state index in [4.69, 9.17) is 4.84 Å². The molecule has 1 fully saturated rings. The molecule has 1 heterocycles. The van der Waals surface area contributed by atoms with Crippen molar-refractivity contribution >= 4 is 6.41 Å². The van der Waals surface area contributed by atoms with E-state index in [1.54, 1.807) is 0 Å². The van der Waals surface area contributed by atoms with Crippen LogP contribution in [0.3, 0.4) is 0 Å². The Morgan fingerprint density at radius 2 is 2.64 bits per heavy atom. The van der Waals surface area contributed by atoms with Crippen LogP contribution in [0, 0.1) is 5.92 Å². The molecule has 1 aliphatic heterocycles. The molecule has 0 aliphatic carbocycles. The lowest BCUT2D eigenvalue weighted by Crippen LogP contribution is -2.29. The van der Waals surface area contributed by atoms with Crippen molar-refractivity contribution in [1.82, 2.24) is 10.8 Å². The maximum atomic E-state index is 9.79. The topological polar surface area (TPSA) is 50.4 Å². The molecule has 0 radical (unpaired) electrons. The second-order valence-electron chi connectivity index (χ2n) is 2.99. The summed E-state index contributed by atoms with van der Waals surface area (Å²) in [7, 11) is 0. The highest BCUT2D eigenvalue weighted by Gasteiger charge is 2.20. The number of hydroxylamine groups is 1. The highest BCUT2D eigenvalue weighted by Crippen LogP contribution is 2.11. The van der Waals surface area contributed by atoms with E-state index in [1.165, 1.54) is 0 Å². The maximum absolute atomic E-state index is 9.79. The van der Waals surface area contributed by atoms with Crippen molar-refractivity contribution in [3.63, 3.8) is 0 Å². The van der Waals surface area contributed by atoms with Gasteiger partial charge in [0.05, 0.1) is 6.61 Å². The molecule has 1 saturated heterocycles. The number of hydrogen-bond donors (Lipinski definition) is 2. The maximum Gasteiger partial charge on any atom is 0.230 e. The lowest BCUT2D eigenvalue weighted by atomic mass is 10.1. The van der Waals surface area contributed by atoms with Crippen molar-refractivity contribution in [3.05, 3.63) is 0 Å². The SMILES string of the molecule is CC1CNC(CONC=O)C1. The van der Waals surface area contributed by atoms with E-state index in [9.17, 15) is 4.79 Å². The number of nitrogens with one attached hydrogen (secondary N) is 2. The highest BCUT2D eigenvalue weighted by molar-refractivity contribution is 5.43. The standard InChI is InChI=1S/C7H14N2O2/c1-6-2-7(8-3-6)4-11-9-5-10/h5-8H,2-4H2,1H3,(H,9,10). The van der Waals surface area contributed by atoms with E-state index in [1.807, 2.05) is 0 Å². The zero-order valence-electron chi connectivity index (χ0n) is 6.67. The van der Waals surface area contributed by atoms with E-state index in [0.29, 0.717) is 19.1 Å². The zero-order chi connectivity index (χ0) is 8.10. The molecule has 4 heteroatoms. The first-order valence-electron chi connectivity index (χ1n) is 3.87. The summed E-state index contributed by atoms with van der Waals surface area (Å²) in [5.74, 6) is 0.722. The van der Waals surface area contributed by atoms with Crippen LogP contribution in [0.4, 0.5) is 0 Å². The van der Waals surface area contributed by atoms with Gasteiger partial charge in [0, 0.05) is 6.04 Å². The van der Waals surface area contributed by atoms with Crippen LogP contribution in [0.2, 0.25) is 0 Å². The Morgan fingerprint density at radius 1 is 1.82 bits per heavy atom. The first kappa shape index (κ1) is 8.49. The minimum Gasteiger partial charge on any atom is -0.311 e. The van der Waals surface area contributed by atoms with Gasteiger partial charge in [0.1, 0.15) is 0 Å². The minimum atomic E-state index is 0.400. The van der Waals surface area contributed by atoms with Crippen molar-refractivity contribution in [3.8, 4) is 0 Å². The lowest BCUT2D eigenvalue weighted by Gasteiger charge is -2.08. The Labute approximate surface area is 66.3 Å². The molecule has 0 aromatic carbocycles. The lowest BCUT2D eigenvalue weighted by molar-refractivity contribution is -0.121. The van der Waals surface area contributed by atoms with E-state index in [-0.39, 0.29) is 0 Å². The van der Waals surface area contributed by atoms with Crippen LogP contribution in [0.5, 0.6) is 0 Å². The fraction of sp³-hybridized carbons (Fsp3) is 0.857.